The van der Waals surface area contributed by atoms with E-state index in [1.807, 2.05) is 36.1 Å². The highest BCUT2D eigenvalue weighted by Crippen LogP contribution is 2.36. The number of piperidine rings is 1. The third kappa shape index (κ3) is 3.82. The van der Waals surface area contributed by atoms with Gasteiger partial charge < -0.3 is 10.2 Å². The van der Waals surface area contributed by atoms with Crippen LogP contribution in [-0.4, -0.2) is 47.9 Å². The molecular formula is C23H33N3O2. The Morgan fingerprint density at radius 2 is 1.64 bits per heavy atom. The number of rotatable bonds is 4. The molecule has 5 heteroatoms. The van der Waals surface area contributed by atoms with Crippen molar-refractivity contribution in [1.82, 2.24) is 10.2 Å². The summed E-state index contributed by atoms with van der Waals surface area (Å²) in [6, 6.07) is 7.95. The number of nitrogens with zero attached hydrogens (tertiary/aromatic N) is 2. The van der Waals surface area contributed by atoms with Crippen molar-refractivity contribution in [3.8, 4) is 0 Å². The van der Waals surface area contributed by atoms with Gasteiger partial charge in [0.05, 0.1) is 6.04 Å². The van der Waals surface area contributed by atoms with E-state index in [-0.39, 0.29) is 23.4 Å². The first-order valence-electron chi connectivity index (χ1n) is 11.0. The number of likely N-dealkylation sites (tertiary alicyclic amines) is 1. The third-order valence-electron chi connectivity index (χ3n) is 6.87. The van der Waals surface area contributed by atoms with E-state index in [0.717, 1.165) is 44.5 Å². The number of nitrogens with one attached hydrogen (secondary N) is 1. The number of hydrogen-bond acceptors (Lipinski definition) is 3. The minimum atomic E-state index is -0.348. The highest BCUT2D eigenvalue weighted by molar-refractivity contribution is 5.97. The predicted molar refractivity (Wildman–Crippen MR) is 111 cm³/mol. The Kier molecular flexibility index (Phi) is 5.72. The number of aryl methyl sites for hydroxylation is 1. The molecule has 152 valence electrons. The number of amides is 2. The summed E-state index contributed by atoms with van der Waals surface area (Å²) in [6.07, 6.45) is 9.46. The van der Waals surface area contributed by atoms with Crippen LogP contribution in [0, 0.1) is 6.92 Å². The zero-order valence-electron chi connectivity index (χ0n) is 17.1. The maximum absolute atomic E-state index is 13.5. The van der Waals surface area contributed by atoms with Crippen LogP contribution < -0.4 is 10.2 Å². The summed E-state index contributed by atoms with van der Waals surface area (Å²) in [4.78, 5) is 30.3. The second-order valence-corrected chi connectivity index (χ2v) is 8.85. The van der Waals surface area contributed by atoms with Crippen LogP contribution >= 0.6 is 0 Å². The van der Waals surface area contributed by atoms with Gasteiger partial charge in [0, 0.05) is 18.7 Å². The fourth-order valence-electron chi connectivity index (χ4n) is 5.24. The Hall–Kier alpha value is -1.88. The third-order valence-corrected chi connectivity index (χ3v) is 6.87. The number of benzene rings is 1. The van der Waals surface area contributed by atoms with Gasteiger partial charge in [-0.2, -0.15) is 0 Å². The van der Waals surface area contributed by atoms with Crippen molar-refractivity contribution >= 4 is 17.5 Å². The number of carbonyl (C=O) groups excluding carboxylic acids is 2. The van der Waals surface area contributed by atoms with Gasteiger partial charge in [0.1, 0.15) is 5.54 Å². The van der Waals surface area contributed by atoms with Gasteiger partial charge >= 0.3 is 0 Å². The van der Waals surface area contributed by atoms with Crippen molar-refractivity contribution in [3.05, 3.63) is 29.8 Å². The van der Waals surface area contributed by atoms with Gasteiger partial charge in [0.15, 0.2) is 0 Å². The molecule has 1 atom stereocenters. The second kappa shape index (κ2) is 8.24. The van der Waals surface area contributed by atoms with Crippen LogP contribution in [0.4, 0.5) is 5.69 Å². The Labute approximate surface area is 168 Å². The van der Waals surface area contributed by atoms with E-state index in [9.17, 15) is 9.59 Å². The molecule has 1 saturated carbocycles. The molecule has 2 aliphatic heterocycles. The first-order chi connectivity index (χ1) is 13.6. The molecule has 2 heterocycles. The molecule has 2 saturated heterocycles. The molecule has 3 aliphatic rings. The van der Waals surface area contributed by atoms with E-state index in [0.29, 0.717) is 13.0 Å². The summed E-state index contributed by atoms with van der Waals surface area (Å²) in [5.41, 5.74) is 1.76. The molecule has 1 aromatic carbocycles. The second-order valence-electron chi connectivity index (χ2n) is 8.85. The summed E-state index contributed by atoms with van der Waals surface area (Å²) in [6.45, 7) is 4.69. The highest BCUT2D eigenvalue weighted by atomic mass is 16.2. The SMILES string of the molecule is Cc1ccc(N2CC(NC(=O)C3(N4CCCCC4)CCCCC3)CC2=O)cc1. The molecule has 5 nitrogen and oxygen atoms in total. The smallest absolute Gasteiger partial charge is 0.240 e. The van der Waals surface area contributed by atoms with Crippen molar-refractivity contribution in [3.63, 3.8) is 0 Å². The quantitative estimate of drug-likeness (QED) is 0.867. The van der Waals surface area contributed by atoms with Crippen LogP contribution in [0.1, 0.15) is 63.4 Å². The molecule has 0 bridgehead atoms. The fourth-order valence-corrected chi connectivity index (χ4v) is 5.24. The first-order valence-corrected chi connectivity index (χ1v) is 11.0. The minimum absolute atomic E-state index is 0.0927. The van der Waals surface area contributed by atoms with Crippen LogP contribution in [0.5, 0.6) is 0 Å². The van der Waals surface area contributed by atoms with Crippen LogP contribution in [0.15, 0.2) is 24.3 Å². The molecule has 28 heavy (non-hydrogen) atoms. The van der Waals surface area contributed by atoms with E-state index in [2.05, 4.69) is 10.2 Å². The predicted octanol–water partition coefficient (Wildman–Crippen LogP) is 3.41. The average Bonchev–Trinajstić information content (AvgIpc) is 3.09. The van der Waals surface area contributed by atoms with Gasteiger partial charge in [-0.05, 0) is 57.8 Å². The van der Waals surface area contributed by atoms with Crippen LogP contribution in [-0.2, 0) is 9.59 Å². The van der Waals surface area contributed by atoms with Gasteiger partial charge in [-0.1, -0.05) is 43.4 Å². The van der Waals surface area contributed by atoms with Crippen molar-refractivity contribution in [1.29, 1.82) is 0 Å². The Balaban J connectivity index is 1.45. The Bertz CT molecular complexity index is 703. The molecule has 3 fully saturated rings. The van der Waals surface area contributed by atoms with Crippen LogP contribution in [0.2, 0.25) is 0 Å². The molecular weight excluding hydrogens is 350 g/mol. The maximum atomic E-state index is 13.5. The molecule has 1 N–H and O–H groups in total. The number of carbonyl (C=O) groups is 2. The van der Waals surface area contributed by atoms with Gasteiger partial charge in [-0.15, -0.1) is 0 Å². The molecule has 0 radical (unpaired) electrons. The number of anilines is 1. The van der Waals surface area contributed by atoms with Crippen molar-refractivity contribution in [2.24, 2.45) is 0 Å². The normalized spacial score (nSPS) is 25.7. The van der Waals surface area contributed by atoms with Crippen molar-refractivity contribution < 1.29 is 9.59 Å². The lowest BCUT2D eigenvalue weighted by Gasteiger charge is -2.47. The lowest BCUT2D eigenvalue weighted by atomic mass is 9.78. The lowest BCUT2D eigenvalue weighted by Crippen LogP contribution is -2.62. The molecule has 0 spiro atoms. The van der Waals surface area contributed by atoms with Gasteiger partial charge in [0.25, 0.3) is 0 Å². The fraction of sp³-hybridized carbons (Fsp3) is 0.652. The molecule has 1 unspecified atom stereocenters. The van der Waals surface area contributed by atoms with E-state index in [4.69, 9.17) is 0 Å². The molecule has 4 rings (SSSR count). The van der Waals surface area contributed by atoms with Gasteiger partial charge in [-0.25, -0.2) is 0 Å². The molecule has 1 aromatic rings. The minimum Gasteiger partial charge on any atom is -0.349 e. The molecule has 0 aromatic heterocycles. The van der Waals surface area contributed by atoms with E-state index >= 15 is 0 Å². The summed E-state index contributed by atoms with van der Waals surface area (Å²) in [7, 11) is 0. The number of hydrogen-bond donors (Lipinski definition) is 1. The summed E-state index contributed by atoms with van der Waals surface area (Å²) < 4.78 is 0. The summed E-state index contributed by atoms with van der Waals surface area (Å²) >= 11 is 0. The van der Waals surface area contributed by atoms with Crippen LogP contribution in [0.25, 0.3) is 0 Å². The van der Waals surface area contributed by atoms with Crippen molar-refractivity contribution in [2.45, 2.75) is 76.3 Å². The maximum Gasteiger partial charge on any atom is 0.240 e. The average molecular weight is 384 g/mol. The topological polar surface area (TPSA) is 52.7 Å². The Morgan fingerprint density at radius 1 is 1.00 bits per heavy atom. The molecule has 2 amide bonds. The molecule has 1 aliphatic carbocycles. The van der Waals surface area contributed by atoms with Gasteiger partial charge in [-0.3, -0.25) is 14.5 Å². The van der Waals surface area contributed by atoms with E-state index < -0.39 is 0 Å². The highest BCUT2D eigenvalue weighted by Gasteiger charge is 2.46. The standard InChI is InChI=1S/C23H33N3O2/c1-18-8-10-20(11-9-18)26-17-19(16-21(26)27)24-22(28)23(12-4-2-5-13-23)25-14-6-3-7-15-25/h8-11,19H,2-7,12-17H2,1H3,(H,24,28). The van der Waals surface area contributed by atoms with Crippen molar-refractivity contribution in [2.75, 3.05) is 24.5 Å². The van der Waals surface area contributed by atoms with Gasteiger partial charge in [0.2, 0.25) is 11.8 Å². The zero-order chi connectivity index (χ0) is 19.6. The monoisotopic (exact) mass is 383 g/mol. The Morgan fingerprint density at radius 3 is 2.32 bits per heavy atom. The largest absolute Gasteiger partial charge is 0.349 e. The summed E-state index contributed by atoms with van der Waals surface area (Å²) in [5, 5.41) is 3.29. The first kappa shape index (κ1) is 19.4. The lowest BCUT2D eigenvalue weighted by molar-refractivity contribution is -0.137. The summed E-state index contributed by atoms with van der Waals surface area (Å²) in [5.74, 6) is 0.266. The van der Waals surface area contributed by atoms with E-state index in [1.54, 1.807) is 0 Å². The zero-order valence-corrected chi connectivity index (χ0v) is 17.1. The van der Waals surface area contributed by atoms with Crippen LogP contribution in [0.3, 0.4) is 0 Å². The van der Waals surface area contributed by atoms with E-state index in [1.165, 1.54) is 31.2 Å².